The number of Topliss-reactive ketones (excluding diaryl/α,β-unsaturated/α-hetero) is 2. The number of carboxylic acid groups (broad SMARTS) is 1. The Morgan fingerprint density at radius 2 is 1.21 bits per heavy atom. The summed E-state index contributed by atoms with van der Waals surface area (Å²) in [6.07, 6.45) is 20.5. The number of carbonyl (C=O) groups is 3. The average molecular weight is 425 g/mol. The van der Waals surface area contributed by atoms with E-state index in [4.69, 9.17) is 5.11 Å². The molecule has 0 radical (unpaired) electrons. The second-order valence-electron chi connectivity index (χ2n) is 7.80. The molecule has 0 saturated carbocycles. The van der Waals surface area contributed by atoms with Gasteiger partial charge in [-0.15, -0.1) is 0 Å². The maximum atomic E-state index is 12.1. The average Bonchev–Trinajstić information content (AvgIpc) is 2.64. The number of hydrogen-bond acceptors (Lipinski definition) is 3. The molecule has 0 aromatic carbocycles. The maximum absolute atomic E-state index is 12.1. The van der Waals surface area contributed by atoms with Crippen LogP contribution in [-0.2, 0) is 14.4 Å². The lowest BCUT2D eigenvalue weighted by Crippen LogP contribution is -2.25. The third-order valence-corrected chi connectivity index (χ3v) is 5.20. The summed E-state index contributed by atoms with van der Waals surface area (Å²) in [7, 11) is 0. The highest BCUT2D eigenvalue weighted by Crippen LogP contribution is 2.15. The van der Waals surface area contributed by atoms with Crippen LogP contribution in [0.1, 0.15) is 117 Å². The number of hydrogen-bond donors (Lipinski definition) is 1. The van der Waals surface area contributed by atoms with Gasteiger partial charge in [0.1, 0.15) is 12.2 Å². The van der Waals surface area contributed by atoms with Gasteiger partial charge in [0.05, 0.1) is 5.92 Å². The van der Waals surface area contributed by atoms with E-state index in [1.807, 2.05) is 0 Å². The van der Waals surface area contributed by atoms with Gasteiger partial charge >= 0.3 is 5.97 Å². The molecule has 0 aliphatic carbocycles. The smallest absolute Gasteiger partial charge is 0.310 e. The van der Waals surface area contributed by atoms with Crippen molar-refractivity contribution in [1.29, 1.82) is 0 Å². The molecule has 0 amide bonds. The Hall–Kier alpha value is -0.918. The molecule has 1 N–H and O–H groups in total. The van der Waals surface area contributed by atoms with Crippen LogP contribution in [0, 0.1) is 5.92 Å². The molecule has 0 aromatic heterocycles. The first-order chi connectivity index (χ1) is 13.5. The van der Waals surface area contributed by atoms with Crippen LogP contribution in [0.25, 0.3) is 0 Å². The monoisotopic (exact) mass is 424 g/mol. The number of ketones is 2. The summed E-state index contributed by atoms with van der Waals surface area (Å²) < 4.78 is 0. The fourth-order valence-corrected chi connectivity index (χ4v) is 3.45. The zero-order valence-electron chi connectivity index (χ0n) is 18.2. The fourth-order valence-electron chi connectivity index (χ4n) is 3.45. The predicted octanol–water partition coefficient (Wildman–Crippen LogP) is 5.48. The van der Waals surface area contributed by atoms with Crippen LogP contribution in [0.15, 0.2) is 12.2 Å². The minimum atomic E-state index is -1.16. The zero-order valence-corrected chi connectivity index (χ0v) is 18.2. The normalized spacial score (nSPS) is 11.9. The van der Waals surface area contributed by atoms with Gasteiger partial charge < -0.3 is 5.11 Å². The molecular formula is C24H45AlO4. The fraction of sp³-hybridized carbons (Fsp3) is 0.792. The predicted molar refractivity (Wildman–Crippen MR) is 125 cm³/mol. The maximum Gasteiger partial charge on any atom is 0.310 e. The second kappa shape index (κ2) is 21.8. The summed E-state index contributed by atoms with van der Waals surface area (Å²) in [6.45, 7) is 4.01. The Bertz CT molecular complexity index is 460. The van der Waals surface area contributed by atoms with Crippen molar-refractivity contribution in [2.45, 2.75) is 117 Å². The molecule has 0 saturated heterocycles. The third-order valence-electron chi connectivity index (χ3n) is 5.20. The summed E-state index contributed by atoms with van der Waals surface area (Å²) in [5.41, 5.74) is 0. The van der Waals surface area contributed by atoms with E-state index in [-0.39, 0.29) is 23.1 Å². The highest BCUT2D eigenvalue weighted by molar-refractivity contribution is 6.07. The summed E-state index contributed by atoms with van der Waals surface area (Å²) in [5, 5.41) is 8.69. The minimum Gasteiger partial charge on any atom is -0.481 e. The van der Waals surface area contributed by atoms with Crippen LogP contribution in [-0.4, -0.2) is 40.0 Å². The number of rotatable bonds is 20. The summed E-state index contributed by atoms with van der Waals surface area (Å²) in [4.78, 5) is 34.5. The van der Waals surface area contributed by atoms with Gasteiger partial charge in [-0.05, 0) is 38.5 Å². The molecule has 0 rings (SSSR count). The number of carboxylic acids is 1. The van der Waals surface area contributed by atoms with E-state index >= 15 is 0 Å². The Morgan fingerprint density at radius 1 is 0.724 bits per heavy atom. The number of allylic oxidation sites excluding steroid dienone is 2. The lowest BCUT2D eigenvalue weighted by Gasteiger charge is -2.11. The van der Waals surface area contributed by atoms with Gasteiger partial charge in [-0.2, -0.15) is 0 Å². The van der Waals surface area contributed by atoms with E-state index in [2.05, 4.69) is 19.1 Å². The van der Waals surface area contributed by atoms with Gasteiger partial charge in [0.25, 0.3) is 0 Å². The van der Waals surface area contributed by atoms with Gasteiger partial charge in [-0.1, -0.05) is 77.4 Å². The lowest BCUT2D eigenvalue weighted by atomic mass is 9.91. The van der Waals surface area contributed by atoms with Crippen molar-refractivity contribution in [3.05, 3.63) is 12.2 Å². The summed E-state index contributed by atoms with van der Waals surface area (Å²) in [6, 6.07) is 0. The zero-order chi connectivity index (χ0) is 21.0. The van der Waals surface area contributed by atoms with E-state index in [0.717, 1.165) is 25.7 Å². The SMILES string of the molecule is CCCCCCCC/C=C\CCCCCCCC(=O)C(CC)C(=O)CC(=O)O.[AlH3]. The molecule has 0 aliphatic rings. The van der Waals surface area contributed by atoms with E-state index in [1.165, 1.54) is 57.8 Å². The van der Waals surface area contributed by atoms with Crippen molar-refractivity contribution >= 4 is 34.9 Å². The highest BCUT2D eigenvalue weighted by atomic mass is 27.0. The van der Waals surface area contributed by atoms with Crippen molar-refractivity contribution in [1.82, 2.24) is 0 Å². The first-order valence-corrected chi connectivity index (χ1v) is 11.4. The Labute approximate surface area is 189 Å². The number of unbranched alkanes of at least 4 members (excludes halogenated alkanes) is 11. The molecule has 0 aliphatic heterocycles. The van der Waals surface area contributed by atoms with Crippen molar-refractivity contribution in [3.63, 3.8) is 0 Å². The highest BCUT2D eigenvalue weighted by Gasteiger charge is 2.25. The molecule has 0 spiro atoms. The molecular weight excluding hydrogens is 379 g/mol. The molecule has 0 bridgehead atoms. The standard InChI is InChI=1S/C24H42O4.Al.3H/c1-3-5-6-7-8-9-10-11-12-13-14-15-16-17-18-19-22(25)21(4-2)23(26)20-24(27)28;;;;/h11-12,21H,3-10,13-20H2,1-2H3,(H,27,28);;;;/b12-11-;;;;. The quantitative estimate of drug-likeness (QED) is 0.122. The largest absolute Gasteiger partial charge is 0.481 e. The Morgan fingerprint density at radius 3 is 1.69 bits per heavy atom. The van der Waals surface area contributed by atoms with Crippen molar-refractivity contribution in [2.24, 2.45) is 5.92 Å². The van der Waals surface area contributed by atoms with Crippen LogP contribution in [0.5, 0.6) is 0 Å². The van der Waals surface area contributed by atoms with Crippen LogP contribution in [0.4, 0.5) is 0 Å². The van der Waals surface area contributed by atoms with Crippen molar-refractivity contribution < 1.29 is 19.5 Å². The van der Waals surface area contributed by atoms with Crippen LogP contribution < -0.4 is 0 Å². The van der Waals surface area contributed by atoms with Crippen LogP contribution >= 0.6 is 0 Å². The molecule has 0 aromatic rings. The van der Waals surface area contributed by atoms with Gasteiger partial charge in [0, 0.05) is 6.42 Å². The molecule has 0 heterocycles. The topological polar surface area (TPSA) is 71.4 Å². The molecule has 168 valence electrons. The molecule has 0 fully saturated rings. The van der Waals surface area contributed by atoms with Crippen molar-refractivity contribution in [2.75, 3.05) is 0 Å². The Balaban J connectivity index is 0. The first kappa shape index (κ1) is 30.3. The third kappa shape index (κ3) is 18.8. The number of carbonyl (C=O) groups excluding carboxylic acids is 2. The van der Waals surface area contributed by atoms with E-state index in [0.29, 0.717) is 12.8 Å². The first-order valence-electron chi connectivity index (χ1n) is 11.4. The molecule has 5 heteroatoms. The molecule has 1 unspecified atom stereocenters. The van der Waals surface area contributed by atoms with Gasteiger partial charge in [-0.3, -0.25) is 14.4 Å². The van der Waals surface area contributed by atoms with Gasteiger partial charge in [0.15, 0.2) is 23.1 Å². The summed E-state index contributed by atoms with van der Waals surface area (Å²) >= 11 is 0. The van der Waals surface area contributed by atoms with Gasteiger partial charge in [0.2, 0.25) is 0 Å². The van der Waals surface area contributed by atoms with E-state index in [9.17, 15) is 14.4 Å². The van der Waals surface area contributed by atoms with Crippen molar-refractivity contribution in [3.8, 4) is 0 Å². The minimum absolute atomic E-state index is 0. The van der Waals surface area contributed by atoms with Crippen LogP contribution in [0.2, 0.25) is 0 Å². The van der Waals surface area contributed by atoms with Gasteiger partial charge in [-0.25, -0.2) is 0 Å². The lowest BCUT2D eigenvalue weighted by molar-refractivity contribution is -0.142. The molecule has 1 atom stereocenters. The number of aliphatic carboxylic acids is 1. The molecule has 4 nitrogen and oxygen atoms in total. The summed E-state index contributed by atoms with van der Waals surface area (Å²) in [5.74, 6) is -2.43. The second-order valence-corrected chi connectivity index (χ2v) is 7.80. The van der Waals surface area contributed by atoms with E-state index in [1.54, 1.807) is 6.92 Å². The molecule has 29 heavy (non-hydrogen) atoms. The Kier molecular flexibility index (Phi) is 22.7. The van der Waals surface area contributed by atoms with Crippen LogP contribution in [0.3, 0.4) is 0 Å². The van der Waals surface area contributed by atoms with E-state index < -0.39 is 24.1 Å².